The molecule has 0 radical (unpaired) electrons. The van der Waals surface area contributed by atoms with Crippen LogP contribution in [-0.2, 0) is 4.79 Å². The minimum Gasteiger partial charge on any atom is -0.483 e. The summed E-state index contributed by atoms with van der Waals surface area (Å²) < 4.78 is 6.41. The smallest absolute Gasteiger partial charge is 0.262 e. The monoisotopic (exact) mass is 452 g/mol. The fourth-order valence-corrected chi connectivity index (χ4v) is 3.22. The number of amides is 2. The van der Waals surface area contributed by atoms with E-state index in [4.69, 9.17) is 4.74 Å². The normalized spacial score (nSPS) is 10.3. The number of ether oxygens (including phenoxy) is 1. The van der Waals surface area contributed by atoms with E-state index in [1.165, 1.54) is 4.90 Å². The largest absolute Gasteiger partial charge is 0.483 e. The van der Waals surface area contributed by atoms with Gasteiger partial charge in [-0.2, -0.15) is 0 Å². The van der Waals surface area contributed by atoms with Crippen molar-refractivity contribution in [2.24, 2.45) is 0 Å². The first kappa shape index (κ1) is 20.6. The van der Waals surface area contributed by atoms with E-state index in [1.54, 1.807) is 38.4 Å². The van der Waals surface area contributed by atoms with Crippen LogP contribution >= 0.6 is 15.9 Å². The number of carbonyl (C=O) groups is 2. The lowest BCUT2D eigenvalue weighted by molar-refractivity contribution is -0.118. The number of hydrogen-bond acceptors (Lipinski definition) is 3. The van der Waals surface area contributed by atoms with Crippen molar-refractivity contribution in [3.63, 3.8) is 0 Å². The van der Waals surface area contributed by atoms with Gasteiger partial charge in [0.05, 0.1) is 4.47 Å². The maximum Gasteiger partial charge on any atom is 0.262 e. The fourth-order valence-electron chi connectivity index (χ4n) is 2.72. The Labute approximate surface area is 178 Å². The topological polar surface area (TPSA) is 58.6 Å². The van der Waals surface area contributed by atoms with Crippen molar-refractivity contribution in [1.29, 1.82) is 0 Å². The zero-order valence-electron chi connectivity index (χ0n) is 16.2. The first-order chi connectivity index (χ1) is 13.9. The third-order valence-electron chi connectivity index (χ3n) is 4.22. The lowest BCUT2D eigenvalue weighted by Crippen LogP contribution is -2.22. The number of rotatable bonds is 6. The van der Waals surface area contributed by atoms with Crippen LogP contribution in [0.5, 0.6) is 5.75 Å². The summed E-state index contributed by atoms with van der Waals surface area (Å²) in [6.07, 6.45) is 0. The van der Waals surface area contributed by atoms with Crippen molar-refractivity contribution >= 4 is 33.4 Å². The zero-order chi connectivity index (χ0) is 20.8. The molecule has 0 saturated carbocycles. The van der Waals surface area contributed by atoms with Crippen molar-refractivity contribution < 1.29 is 14.3 Å². The van der Waals surface area contributed by atoms with E-state index in [-0.39, 0.29) is 18.4 Å². The summed E-state index contributed by atoms with van der Waals surface area (Å²) in [6.45, 7) is -0.123. The summed E-state index contributed by atoms with van der Waals surface area (Å²) in [6, 6.07) is 22.5. The van der Waals surface area contributed by atoms with Gasteiger partial charge in [-0.1, -0.05) is 36.4 Å². The van der Waals surface area contributed by atoms with Crippen molar-refractivity contribution in [2.45, 2.75) is 0 Å². The van der Waals surface area contributed by atoms with E-state index >= 15 is 0 Å². The minimum absolute atomic E-state index is 0.0880. The van der Waals surface area contributed by atoms with E-state index in [0.717, 1.165) is 15.6 Å². The summed E-state index contributed by atoms with van der Waals surface area (Å²) in [5.41, 5.74) is 3.33. The summed E-state index contributed by atoms with van der Waals surface area (Å²) in [5, 5.41) is 2.76. The molecule has 3 aromatic rings. The average Bonchev–Trinajstić information content (AvgIpc) is 2.73. The van der Waals surface area contributed by atoms with Crippen LogP contribution in [0.25, 0.3) is 11.1 Å². The molecule has 0 bridgehead atoms. The van der Waals surface area contributed by atoms with Crippen LogP contribution in [0.4, 0.5) is 5.69 Å². The summed E-state index contributed by atoms with van der Waals surface area (Å²) in [5.74, 6) is 0.220. The molecule has 29 heavy (non-hydrogen) atoms. The quantitative estimate of drug-likeness (QED) is 0.582. The lowest BCUT2D eigenvalue weighted by atomic mass is 10.1. The van der Waals surface area contributed by atoms with Gasteiger partial charge in [0.25, 0.3) is 11.8 Å². The van der Waals surface area contributed by atoms with Gasteiger partial charge >= 0.3 is 0 Å². The number of nitrogens with zero attached hydrogens (tertiary/aromatic N) is 1. The highest BCUT2D eigenvalue weighted by molar-refractivity contribution is 9.10. The Morgan fingerprint density at radius 3 is 2.24 bits per heavy atom. The van der Waals surface area contributed by atoms with Crippen molar-refractivity contribution in [3.05, 3.63) is 82.8 Å². The molecule has 0 atom stereocenters. The van der Waals surface area contributed by atoms with Crippen LogP contribution in [0.3, 0.4) is 0 Å². The molecule has 0 aromatic heterocycles. The molecule has 2 amide bonds. The molecular weight excluding hydrogens is 432 g/mol. The standard InChI is InChI=1S/C23H21BrN2O3/c1-26(2)23(28)17-8-11-19(12-9-17)25-22(27)15-29-21-13-10-18(14-20(21)24)16-6-4-3-5-7-16/h3-14H,15H2,1-2H3,(H,25,27). The predicted molar refractivity (Wildman–Crippen MR) is 118 cm³/mol. The van der Waals surface area contributed by atoms with Gasteiger partial charge in [-0.25, -0.2) is 0 Å². The van der Waals surface area contributed by atoms with Gasteiger partial charge in [0.1, 0.15) is 5.75 Å². The number of hydrogen-bond donors (Lipinski definition) is 1. The number of benzene rings is 3. The van der Waals surface area contributed by atoms with E-state index in [2.05, 4.69) is 21.2 Å². The van der Waals surface area contributed by atoms with Crippen LogP contribution in [0.2, 0.25) is 0 Å². The molecule has 5 nitrogen and oxygen atoms in total. The number of nitrogens with one attached hydrogen (secondary N) is 1. The number of halogens is 1. The number of carbonyl (C=O) groups excluding carboxylic acids is 2. The highest BCUT2D eigenvalue weighted by atomic mass is 79.9. The molecule has 0 saturated heterocycles. The van der Waals surface area contributed by atoms with Crippen molar-refractivity contribution in [3.8, 4) is 16.9 Å². The molecule has 0 aliphatic carbocycles. The lowest BCUT2D eigenvalue weighted by Gasteiger charge is -2.12. The zero-order valence-corrected chi connectivity index (χ0v) is 17.8. The van der Waals surface area contributed by atoms with Crippen LogP contribution in [-0.4, -0.2) is 37.4 Å². The van der Waals surface area contributed by atoms with E-state index in [1.807, 2.05) is 48.5 Å². The molecule has 0 fully saturated rings. The summed E-state index contributed by atoms with van der Waals surface area (Å²) in [7, 11) is 3.39. The highest BCUT2D eigenvalue weighted by Crippen LogP contribution is 2.30. The molecule has 0 aliphatic heterocycles. The fraction of sp³-hybridized carbons (Fsp3) is 0.130. The Balaban J connectivity index is 1.57. The van der Waals surface area contributed by atoms with Gasteiger partial charge in [0, 0.05) is 25.3 Å². The van der Waals surface area contributed by atoms with E-state index in [0.29, 0.717) is 17.0 Å². The molecule has 3 aromatic carbocycles. The molecular formula is C23H21BrN2O3. The molecule has 1 N–H and O–H groups in total. The number of anilines is 1. The van der Waals surface area contributed by atoms with Crippen LogP contribution in [0, 0.1) is 0 Å². The molecule has 3 rings (SSSR count). The van der Waals surface area contributed by atoms with Crippen LogP contribution < -0.4 is 10.1 Å². The van der Waals surface area contributed by atoms with Crippen molar-refractivity contribution in [2.75, 3.05) is 26.0 Å². The first-order valence-electron chi connectivity index (χ1n) is 9.03. The van der Waals surface area contributed by atoms with E-state index in [9.17, 15) is 9.59 Å². The van der Waals surface area contributed by atoms with Gasteiger partial charge in [0.2, 0.25) is 0 Å². The minimum atomic E-state index is -0.282. The third kappa shape index (κ3) is 5.45. The van der Waals surface area contributed by atoms with Crippen LogP contribution in [0.15, 0.2) is 77.3 Å². The predicted octanol–water partition coefficient (Wildman–Crippen LogP) is 4.84. The molecule has 148 valence electrons. The Bertz CT molecular complexity index is 1000. The second-order valence-electron chi connectivity index (χ2n) is 6.63. The highest BCUT2D eigenvalue weighted by Gasteiger charge is 2.10. The van der Waals surface area contributed by atoms with Gasteiger partial charge in [-0.3, -0.25) is 9.59 Å². The molecule has 0 spiro atoms. The van der Waals surface area contributed by atoms with E-state index < -0.39 is 0 Å². The van der Waals surface area contributed by atoms with Crippen molar-refractivity contribution in [1.82, 2.24) is 4.90 Å². The Hall–Kier alpha value is -3.12. The molecule has 0 heterocycles. The molecule has 0 aliphatic rings. The third-order valence-corrected chi connectivity index (χ3v) is 4.84. The SMILES string of the molecule is CN(C)C(=O)c1ccc(NC(=O)COc2ccc(-c3ccccc3)cc2Br)cc1. The van der Waals surface area contributed by atoms with Gasteiger partial charge < -0.3 is 15.0 Å². The maximum atomic E-state index is 12.2. The Kier molecular flexibility index (Phi) is 6.67. The molecule has 0 unspecified atom stereocenters. The second-order valence-corrected chi connectivity index (χ2v) is 7.48. The average molecular weight is 453 g/mol. The van der Waals surface area contributed by atoms with Gasteiger partial charge in [-0.15, -0.1) is 0 Å². The molecule has 6 heteroatoms. The van der Waals surface area contributed by atoms with Crippen LogP contribution in [0.1, 0.15) is 10.4 Å². The van der Waals surface area contributed by atoms with Gasteiger partial charge in [-0.05, 0) is 63.5 Å². The second kappa shape index (κ2) is 9.39. The van der Waals surface area contributed by atoms with Gasteiger partial charge in [0.15, 0.2) is 6.61 Å². The summed E-state index contributed by atoms with van der Waals surface area (Å²) >= 11 is 3.50. The Morgan fingerprint density at radius 1 is 0.931 bits per heavy atom. The first-order valence-corrected chi connectivity index (χ1v) is 9.82. The summed E-state index contributed by atoms with van der Waals surface area (Å²) in [4.78, 5) is 25.6. The Morgan fingerprint density at radius 2 is 1.62 bits per heavy atom. The maximum absolute atomic E-state index is 12.2.